The van der Waals surface area contributed by atoms with Gasteiger partial charge in [-0.05, 0) is 34.1 Å². The van der Waals surface area contributed by atoms with Crippen molar-refractivity contribution in [1.82, 2.24) is 0 Å². The fourth-order valence-electron chi connectivity index (χ4n) is 1.82. The lowest BCUT2D eigenvalue weighted by molar-refractivity contribution is -0.119. The van der Waals surface area contributed by atoms with Gasteiger partial charge in [0, 0.05) is 0 Å². The molecule has 4 heteroatoms. The van der Waals surface area contributed by atoms with Crippen LogP contribution in [0.1, 0.15) is 52.7 Å². The molecular weight excluding hydrogens is 264 g/mol. The predicted molar refractivity (Wildman–Crippen MR) is 86.5 cm³/mol. The second-order valence-corrected chi connectivity index (χ2v) is 7.57. The number of nitrogens with two attached hydrogens (primary N) is 2. The van der Waals surface area contributed by atoms with E-state index in [1.165, 1.54) is 11.1 Å². The van der Waals surface area contributed by atoms with Gasteiger partial charge in [-0.1, -0.05) is 47.6 Å². The van der Waals surface area contributed by atoms with E-state index in [1.807, 2.05) is 12.1 Å². The summed E-state index contributed by atoms with van der Waals surface area (Å²) in [4.78, 5) is 11.0. The topological polar surface area (TPSA) is 78.3 Å². The van der Waals surface area contributed by atoms with E-state index in [0.29, 0.717) is 0 Å². The zero-order chi connectivity index (χ0) is 16.4. The zero-order valence-corrected chi connectivity index (χ0v) is 14.0. The fraction of sp³-hybridized carbons (Fsp3) is 0.588. The fourth-order valence-corrected chi connectivity index (χ4v) is 1.82. The third-order valence-corrected chi connectivity index (χ3v) is 3.43. The molecule has 1 amide bonds. The van der Waals surface area contributed by atoms with Crippen LogP contribution < -0.4 is 16.2 Å². The van der Waals surface area contributed by atoms with Gasteiger partial charge in [0.15, 0.2) is 0 Å². The molecule has 1 rings (SSSR count). The van der Waals surface area contributed by atoms with Crippen molar-refractivity contribution in [2.24, 2.45) is 11.5 Å². The van der Waals surface area contributed by atoms with Gasteiger partial charge in [-0.3, -0.25) is 4.79 Å². The minimum Gasteiger partial charge on any atom is -0.491 e. The van der Waals surface area contributed by atoms with Crippen LogP contribution in [0.15, 0.2) is 18.2 Å². The highest BCUT2D eigenvalue weighted by Gasteiger charge is 2.21. The van der Waals surface area contributed by atoms with E-state index in [-0.39, 0.29) is 17.4 Å². The predicted octanol–water partition coefficient (Wildman–Crippen LogP) is 2.47. The highest BCUT2D eigenvalue weighted by molar-refractivity contribution is 5.79. The van der Waals surface area contributed by atoms with Crippen LogP contribution in [0.3, 0.4) is 0 Å². The van der Waals surface area contributed by atoms with E-state index >= 15 is 0 Å². The van der Waals surface area contributed by atoms with E-state index in [9.17, 15) is 4.79 Å². The highest BCUT2D eigenvalue weighted by atomic mass is 16.5. The minimum absolute atomic E-state index is 0.0190. The van der Waals surface area contributed by atoms with Crippen LogP contribution in [-0.2, 0) is 15.6 Å². The van der Waals surface area contributed by atoms with Crippen LogP contribution in [-0.4, -0.2) is 18.6 Å². The smallest absolute Gasteiger partial charge is 0.237 e. The molecular formula is C17H28N2O2. The maximum absolute atomic E-state index is 11.0. The summed E-state index contributed by atoms with van der Waals surface area (Å²) in [6.45, 7) is 13.1. The van der Waals surface area contributed by atoms with Crippen molar-refractivity contribution >= 4 is 5.91 Å². The number of rotatable bonds is 4. The van der Waals surface area contributed by atoms with Gasteiger partial charge in [-0.15, -0.1) is 0 Å². The van der Waals surface area contributed by atoms with Crippen molar-refractivity contribution in [3.05, 3.63) is 29.3 Å². The third-order valence-electron chi connectivity index (χ3n) is 3.43. The Kier molecular flexibility index (Phi) is 5.05. The number of carbonyl (C=O) groups is 1. The van der Waals surface area contributed by atoms with E-state index in [0.717, 1.165) is 5.75 Å². The van der Waals surface area contributed by atoms with Crippen molar-refractivity contribution in [2.45, 2.75) is 58.4 Å². The van der Waals surface area contributed by atoms with Gasteiger partial charge in [0.2, 0.25) is 5.91 Å². The molecule has 0 fully saturated rings. The SMILES string of the molecule is CC(C)(C)c1cc(OCC(N)C(N)=O)cc(C(C)(C)C)c1. The Morgan fingerprint density at radius 1 is 1.05 bits per heavy atom. The average Bonchev–Trinajstić information content (AvgIpc) is 2.33. The Morgan fingerprint density at radius 3 is 1.81 bits per heavy atom. The van der Waals surface area contributed by atoms with Crippen LogP contribution in [0.4, 0.5) is 0 Å². The number of ether oxygens (including phenoxy) is 1. The lowest BCUT2D eigenvalue weighted by atomic mass is 9.80. The van der Waals surface area contributed by atoms with E-state index in [4.69, 9.17) is 16.2 Å². The summed E-state index contributed by atoms with van der Waals surface area (Å²) in [5.41, 5.74) is 13.2. The van der Waals surface area contributed by atoms with Gasteiger partial charge in [0.1, 0.15) is 18.4 Å². The molecule has 1 unspecified atom stereocenters. The Morgan fingerprint density at radius 2 is 1.48 bits per heavy atom. The summed E-state index contributed by atoms with van der Waals surface area (Å²) in [5.74, 6) is 0.169. The number of hydrogen-bond donors (Lipinski definition) is 2. The van der Waals surface area contributed by atoms with Crippen molar-refractivity contribution < 1.29 is 9.53 Å². The van der Waals surface area contributed by atoms with Crippen molar-refractivity contribution in [3.63, 3.8) is 0 Å². The monoisotopic (exact) mass is 292 g/mol. The molecule has 0 radical (unpaired) electrons. The first-order chi connectivity index (χ1) is 9.41. The normalized spacial score (nSPS) is 13.9. The van der Waals surface area contributed by atoms with Gasteiger partial charge in [-0.25, -0.2) is 0 Å². The standard InChI is InChI=1S/C17H28N2O2/c1-16(2,3)11-7-12(17(4,5)6)9-13(8-11)21-10-14(18)15(19)20/h7-9,14H,10,18H2,1-6H3,(H2,19,20). The van der Waals surface area contributed by atoms with Crippen LogP contribution >= 0.6 is 0 Å². The minimum atomic E-state index is -0.790. The summed E-state index contributed by atoms with van der Waals surface area (Å²) in [7, 11) is 0. The number of carbonyl (C=O) groups excluding carboxylic acids is 1. The molecule has 0 aliphatic heterocycles. The second-order valence-electron chi connectivity index (χ2n) is 7.57. The van der Waals surface area contributed by atoms with Gasteiger partial charge in [0.05, 0.1) is 0 Å². The summed E-state index contributed by atoms with van der Waals surface area (Å²) < 4.78 is 5.67. The summed E-state index contributed by atoms with van der Waals surface area (Å²) in [5, 5.41) is 0. The molecule has 0 saturated heterocycles. The van der Waals surface area contributed by atoms with E-state index in [1.54, 1.807) is 0 Å². The molecule has 0 aromatic heterocycles. The Bertz CT molecular complexity index is 478. The molecule has 0 aliphatic rings. The largest absolute Gasteiger partial charge is 0.491 e. The van der Waals surface area contributed by atoms with Gasteiger partial charge in [-0.2, -0.15) is 0 Å². The van der Waals surface area contributed by atoms with Crippen LogP contribution in [0, 0.1) is 0 Å². The Labute approximate surface area is 127 Å². The third kappa shape index (κ3) is 5.05. The highest BCUT2D eigenvalue weighted by Crippen LogP contribution is 2.32. The van der Waals surface area contributed by atoms with Gasteiger partial charge >= 0.3 is 0 Å². The van der Waals surface area contributed by atoms with E-state index in [2.05, 4.69) is 47.6 Å². The summed E-state index contributed by atoms with van der Waals surface area (Å²) in [6.07, 6.45) is 0. The Balaban J connectivity index is 3.11. The second kappa shape index (κ2) is 6.06. The molecule has 0 spiro atoms. The van der Waals surface area contributed by atoms with Crippen LogP contribution in [0.2, 0.25) is 0 Å². The van der Waals surface area contributed by atoms with Gasteiger partial charge < -0.3 is 16.2 Å². The molecule has 0 bridgehead atoms. The first kappa shape index (κ1) is 17.5. The zero-order valence-electron chi connectivity index (χ0n) is 14.0. The number of benzene rings is 1. The quantitative estimate of drug-likeness (QED) is 0.895. The molecule has 1 aromatic carbocycles. The van der Waals surface area contributed by atoms with Crippen molar-refractivity contribution in [1.29, 1.82) is 0 Å². The molecule has 1 aromatic rings. The number of primary amides is 1. The maximum Gasteiger partial charge on any atom is 0.237 e. The molecule has 0 heterocycles. The Hall–Kier alpha value is -1.55. The van der Waals surface area contributed by atoms with Crippen LogP contribution in [0.5, 0.6) is 5.75 Å². The molecule has 4 nitrogen and oxygen atoms in total. The molecule has 21 heavy (non-hydrogen) atoms. The molecule has 0 saturated carbocycles. The van der Waals surface area contributed by atoms with E-state index < -0.39 is 11.9 Å². The first-order valence-corrected chi connectivity index (χ1v) is 7.25. The van der Waals surface area contributed by atoms with Gasteiger partial charge in [0.25, 0.3) is 0 Å². The molecule has 1 atom stereocenters. The molecule has 4 N–H and O–H groups in total. The lowest BCUT2D eigenvalue weighted by Crippen LogP contribution is -2.41. The first-order valence-electron chi connectivity index (χ1n) is 7.25. The summed E-state index contributed by atoms with van der Waals surface area (Å²) in [6, 6.07) is 5.42. The number of amides is 1. The summed E-state index contributed by atoms with van der Waals surface area (Å²) >= 11 is 0. The molecule has 118 valence electrons. The average molecular weight is 292 g/mol. The lowest BCUT2D eigenvalue weighted by Gasteiger charge is -2.26. The maximum atomic E-state index is 11.0. The van der Waals surface area contributed by atoms with Crippen LogP contribution in [0.25, 0.3) is 0 Å². The molecule has 0 aliphatic carbocycles. The van der Waals surface area contributed by atoms with Crippen molar-refractivity contribution in [3.8, 4) is 5.75 Å². The van der Waals surface area contributed by atoms with Crippen molar-refractivity contribution in [2.75, 3.05) is 6.61 Å². The number of hydrogen-bond acceptors (Lipinski definition) is 3.